The fourth-order valence-electron chi connectivity index (χ4n) is 3.23. The molecule has 0 saturated heterocycles. The normalized spacial score (nSPS) is 10.9. The third kappa shape index (κ3) is 6.97. The standard InChI is InChI=1S/C25H24N4O2.C2H6/c26-25(29-27)15-18-4-3-5-19(14-18)16-30-22-10-12-23(13-11-22)31-17-21-9-8-20-6-1-2-7-24(20)28-21;1-2/h1-14H,15-17,27H2,(H2,26,29);1-2H3. The van der Waals surface area contributed by atoms with Crippen LogP contribution in [-0.2, 0) is 19.6 Å². The van der Waals surface area contributed by atoms with Gasteiger partial charge in [0.2, 0.25) is 0 Å². The average molecular weight is 443 g/mol. The molecule has 3 aromatic carbocycles. The van der Waals surface area contributed by atoms with Gasteiger partial charge in [0.25, 0.3) is 0 Å². The van der Waals surface area contributed by atoms with Gasteiger partial charge in [-0.2, -0.15) is 5.10 Å². The number of benzene rings is 3. The Balaban J connectivity index is 0.00000149. The Hall–Kier alpha value is -4.06. The van der Waals surface area contributed by atoms with Crippen molar-refractivity contribution in [3.63, 3.8) is 0 Å². The number of hydrazone groups is 1. The number of hydrogen-bond acceptors (Lipinski definition) is 5. The van der Waals surface area contributed by atoms with Gasteiger partial charge in [-0.25, -0.2) is 4.98 Å². The molecule has 0 aliphatic carbocycles. The van der Waals surface area contributed by atoms with Gasteiger partial charge in [0.15, 0.2) is 0 Å². The zero-order valence-corrected chi connectivity index (χ0v) is 19.1. The quantitative estimate of drug-likeness (QED) is 0.169. The van der Waals surface area contributed by atoms with Crippen LogP contribution < -0.4 is 21.1 Å². The minimum Gasteiger partial charge on any atom is -0.489 e. The van der Waals surface area contributed by atoms with Crippen molar-refractivity contribution < 1.29 is 9.47 Å². The van der Waals surface area contributed by atoms with E-state index in [0.717, 1.165) is 39.2 Å². The van der Waals surface area contributed by atoms with Crippen LogP contribution >= 0.6 is 0 Å². The van der Waals surface area contributed by atoms with Gasteiger partial charge < -0.3 is 21.1 Å². The van der Waals surface area contributed by atoms with Crippen LogP contribution in [0.4, 0.5) is 0 Å². The fraction of sp³-hybridized carbons (Fsp3) is 0.185. The van der Waals surface area contributed by atoms with E-state index >= 15 is 0 Å². The summed E-state index contributed by atoms with van der Waals surface area (Å²) in [6, 6.07) is 27.7. The maximum Gasteiger partial charge on any atom is 0.130 e. The number of para-hydroxylation sites is 1. The lowest BCUT2D eigenvalue weighted by Gasteiger charge is -2.10. The zero-order chi connectivity index (χ0) is 23.5. The highest BCUT2D eigenvalue weighted by Crippen LogP contribution is 2.20. The van der Waals surface area contributed by atoms with Crippen LogP contribution in [0.25, 0.3) is 10.9 Å². The Morgan fingerprint density at radius 2 is 1.45 bits per heavy atom. The number of ether oxygens (including phenoxy) is 2. The summed E-state index contributed by atoms with van der Waals surface area (Å²) >= 11 is 0. The van der Waals surface area contributed by atoms with Crippen molar-refractivity contribution in [2.24, 2.45) is 16.7 Å². The van der Waals surface area contributed by atoms with Crippen LogP contribution in [0.15, 0.2) is 90.0 Å². The molecule has 0 spiro atoms. The van der Waals surface area contributed by atoms with Crippen LogP contribution in [0.3, 0.4) is 0 Å². The molecule has 33 heavy (non-hydrogen) atoms. The van der Waals surface area contributed by atoms with Crippen molar-refractivity contribution in [1.29, 1.82) is 0 Å². The highest BCUT2D eigenvalue weighted by atomic mass is 16.5. The number of amidine groups is 1. The van der Waals surface area contributed by atoms with Crippen molar-refractivity contribution in [1.82, 2.24) is 4.98 Å². The summed E-state index contributed by atoms with van der Waals surface area (Å²) in [7, 11) is 0. The number of nitrogens with two attached hydrogens (primary N) is 2. The van der Waals surface area contributed by atoms with Crippen LogP contribution in [0.2, 0.25) is 0 Å². The van der Waals surface area contributed by atoms with Crippen molar-refractivity contribution in [3.8, 4) is 11.5 Å². The van der Waals surface area contributed by atoms with Crippen LogP contribution in [0, 0.1) is 0 Å². The van der Waals surface area contributed by atoms with Gasteiger partial charge in [-0.15, -0.1) is 0 Å². The second-order valence-electron chi connectivity index (χ2n) is 7.16. The fourth-order valence-corrected chi connectivity index (χ4v) is 3.23. The Kier molecular flexibility index (Phi) is 8.65. The minimum absolute atomic E-state index is 0.396. The molecular formula is C27H30N4O2. The molecule has 0 bridgehead atoms. The minimum atomic E-state index is 0.396. The molecule has 0 amide bonds. The number of aromatic nitrogens is 1. The molecule has 170 valence electrons. The topological polar surface area (TPSA) is 95.8 Å². The lowest BCUT2D eigenvalue weighted by atomic mass is 10.1. The van der Waals surface area contributed by atoms with E-state index in [2.05, 4.69) is 16.2 Å². The summed E-state index contributed by atoms with van der Waals surface area (Å²) in [5.74, 6) is 7.13. The number of fused-ring (bicyclic) bond motifs is 1. The molecular weight excluding hydrogens is 412 g/mol. The first kappa shape index (κ1) is 23.6. The van der Waals surface area contributed by atoms with Crippen molar-refractivity contribution in [3.05, 3.63) is 102 Å². The maximum absolute atomic E-state index is 5.89. The molecule has 6 nitrogen and oxygen atoms in total. The first-order valence-electron chi connectivity index (χ1n) is 11.0. The summed E-state index contributed by atoms with van der Waals surface area (Å²) in [5, 5.41) is 4.63. The van der Waals surface area contributed by atoms with Crippen LogP contribution in [-0.4, -0.2) is 10.8 Å². The summed E-state index contributed by atoms with van der Waals surface area (Å²) < 4.78 is 11.8. The van der Waals surface area contributed by atoms with Crippen LogP contribution in [0.5, 0.6) is 11.5 Å². The van der Waals surface area contributed by atoms with E-state index < -0.39 is 0 Å². The summed E-state index contributed by atoms with van der Waals surface area (Å²) in [6.07, 6.45) is 0.516. The maximum atomic E-state index is 5.89. The van der Waals surface area contributed by atoms with E-state index in [1.54, 1.807) is 0 Å². The highest BCUT2D eigenvalue weighted by molar-refractivity contribution is 5.82. The molecule has 0 radical (unpaired) electrons. The highest BCUT2D eigenvalue weighted by Gasteiger charge is 2.03. The predicted molar refractivity (Wildman–Crippen MR) is 134 cm³/mol. The van der Waals surface area contributed by atoms with Crippen molar-refractivity contribution in [2.75, 3.05) is 0 Å². The smallest absolute Gasteiger partial charge is 0.130 e. The molecule has 4 aromatic rings. The third-order valence-electron chi connectivity index (χ3n) is 4.81. The Morgan fingerprint density at radius 1 is 0.788 bits per heavy atom. The summed E-state index contributed by atoms with van der Waals surface area (Å²) in [6.45, 7) is 4.86. The van der Waals surface area contributed by atoms with E-state index in [9.17, 15) is 0 Å². The van der Waals surface area contributed by atoms with Gasteiger partial charge in [-0.05, 0) is 47.5 Å². The summed E-state index contributed by atoms with van der Waals surface area (Å²) in [4.78, 5) is 4.63. The average Bonchev–Trinajstić information content (AvgIpc) is 2.88. The van der Waals surface area contributed by atoms with Crippen LogP contribution in [0.1, 0.15) is 30.7 Å². The van der Waals surface area contributed by atoms with Gasteiger partial charge in [-0.3, -0.25) is 0 Å². The molecule has 1 aromatic heterocycles. The first-order valence-corrected chi connectivity index (χ1v) is 11.0. The Labute approximate surface area is 194 Å². The number of pyridine rings is 1. The molecule has 0 aliphatic rings. The second kappa shape index (κ2) is 12.1. The van der Waals surface area contributed by atoms with Gasteiger partial charge in [-0.1, -0.05) is 62.4 Å². The third-order valence-corrected chi connectivity index (χ3v) is 4.81. The molecule has 4 N–H and O–H groups in total. The molecule has 4 rings (SSSR count). The largest absolute Gasteiger partial charge is 0.489 e. The predicted octanol–water partition coefficient (Wildman–Crippen LogP) is 5.19. The Morgan fingerprint density at radius 3 is 2.18 bits per heavy atom. The monoisotopic (exact) mass is 442 g/mol. The van der Waals surface area contributed by atoms with E-state index in [1.165, 1.54) is 0 Å². The second-order valence-corrected chi connectivity index (χ2v) is 7.16. The number of hydrogen-bond donors (Lipinski definition) is 2. The van der Waals surface area contributed by atoms with E-state index in [1.807, 2.05) is 92.7 Å². The molecule has 6 heteroatoms. The Bertz CT molecular complexity index is 1190. The lowest BCUT2D eigenvalue weighted by Crippen LogP contribution is -2.17. The molecule has 0 unspecified atom stereocenters. The molecule has 1 heterocycles. The molecule has 0 aliphatic heterocycles. The van der Waals surface area contributed by atoms with Gasteiger partial charge in [0.1, 0.15) is 30.5 Å². The van der Waals surface area contributed by atoms with Gasteiger partial charge in [0, 0.05) is 11.8 Å². The summed E-state index contributed by atoms with van der Waals surface area (Å²) in [5.41, 5.74) is 9.64. The SMILES string of the molecule is CC.N/N=C(\N)Cc1cccc(COc2ccc(OCc3ccc4ccccc4n3)cc2)c1. The zero-order valence-electron chi connectivity index (χ0n) is 19.1. The van der Waals surface area contributed by atoms with Crippen molar-refractivity contribution >= 4 is 16.7 Å². The van der Waals surface area contributed by atoms with E-state index in [4.69, 9.17) is 21.1 Å². The number of rotatable bonds is 8. The van der Waals surface area contributed by atoms with Gasteiger partial charge in [0.05, 0.1) is 11.2 Å². The molecule has 0 atom stereocenters. The molecule has 0 saturated carbocycles. The van der Waals surface area contributed by atoms with E-state index in [0.29, 0.717) is 25.5 Å². The molecule has 0 fully saturated rings. The number of nitrogens with zero attached hydrogens (tertiary/aromatic N) is 2. The van der Waals surface area contributed by atoms with E-state index in [-0.39, 0.29) is 0 Å². The van der Waals surface area contributed by atoms with Crippen molar-refractivity contribution in [2.45, 2.75) is 33.5 Å². The van der Waals surface area contributed by atoms with Gasteiger partial charge >= 0.3 is 0 Å². The first-order chi connectivity index (χ1) is 16.2. The lowest BCUT2D eigenvalue weighted by molar-refractivity contribution is 0.295.